The van der Waals surface area contributed by atoms with Gasteiger partial charge in [0.25, 0.3) is 5.88 Å². The van der Waals surface area contributed by atoms with E-state index >= 15 is 0 Å². The quantitative estimate of drug-likeness (QED) is 0.899. The summed E-state index contributed by atoms with van der Waals surface area (Å²) in [4.78, 5) is 3.91. The lowest BCUT2D eigenvalue weighted by Gasteiger charge is -2.11. The van der Waals surface area contributed by atoms with Crippen LogP contribution in [0.4, 0.5) is 4.39 Å². The summed E-state index contributed by atoms with van der Waals surface area (Å²) in [5.74, 6) is 0.431. The maximum absolute atomic E-state index is 14.1. The number of hydrogen-bond acceptors (Lipinski definition) is 4. The van der Waals surface area contributed by atoms with Crippen molar-refractivity contribution >= 4 is 0 Å². The molecule has 0 unspecified atom stereocenters. The fourth-order valence-electron chi connectivity index (χ4n) is 1.67. The van der Waals surface area contributed by atoms with Gasteiger partial charge in [0.15, 0.2) is 17.3 Å². The summed E-state index contributed by atoms with van der Waals surface area (Å²) in [6.45, 7) is 0.413. The van der Waals surface area contributed by atoms with Gasteiger partial charge in [-0.05, 0) is 25.2 Å². The number of benzene rings is 1. The van der Waals surface area contributed by atoms with E-state index in [2.05, 4.69) is 10.3 Å². The molecule has 2 aromatic rings. The Hall–Kier alpha value is -2.14. The van der Waals surface area contributed by atoms with Crippen LogP contribution in [0.2, 0.25) is 0 Å². The van der Waals surface area contributed by atoms with E-state index in [0.717, 1.165) is 0 Å². The summed E-state index contributed by atoms with van der Waals surface area (Å²) < 4.78 is 24.7. The van der Waals surface area contributed by atoms with Gasteiger partial charge in [-0.25, -0.2) is 9.37 Å². The highest BCUT2D eigenvalue weighted by molar-refractivity contribution is 5.42. The summed E-state index contributed by atoms with van der Waals surface area (Å²) in [5.41, 5.74) is 0.502. The van der Waals surface area contributed by atoms with Crippen LogP contribution in [0.3, 0.4) is 0 Å². The van der Waals surface area contributed by atoms with Crippen LogP contribution in [0.5, 0.6) is 17.4 Å². The van der Waals surface area contributed by atoms with Crippen LogP contribution < -0.4 is 14.8 Å². The maximum atomic E-state index is 14.1. The zero-order chi connectivity index (χ0) is 13.7. The Bertz CT molecular complexity index is 561. The predicted octanol–water partition coefficient (Wildman–Crippen LogP) is 2.74. The van der Waals surface area contributed by atoms with Gasteiger partial charge in [-0.2, -0.15) is 0 Å². The molecule has 5 heteroatoms. The largest absolute Gasteiger partial charge is 0.493 e. The molecule has 0 amide bonds. The SMILES string of the molecule is CNCc1ccnc(Oc2ccccc2OC)c1F. The van der Waals surface area contributed by atoms with Crippen LogP contribution in [0.25, 0.3) is 0 Å². The number of methoxy groups -OCH3 is 1. The Kier molecular flexibility index (Phi) is 4.30. The number of pyridine rings is 1. The topological polar surface area (TPSA) is 43.4 Å². The average molecular weight is 262 g/mol. The molecule has 1 heterocycles. The minimum absolute atomic E-state index is 0.0581. The lowest BCUT2D eigenvalue weighted by molar-refractivity contribution is 0.362. The second-order valence-corrected chi connectivity index (χ2v) is 3.87. The van der Waals surface area contributed by atoms with Gasteiger partial charge in [-0.3, -0.25) is 0 Å². The highest BCUT2D eigenvalue weighted by atomic mass is 19.1. The number of nitrogens with zero attached hydrogens (tertiary/aromatic N) is 1. The van der Waals surface area contributed by atoms with Crippen molar-refractivity contribution in [3.63, 3.8) is 0 Å². The smallest absolute Gasteiger partial charge is 0.256 e. The molecule has 0 aliphatic carbocycles. The lowest BCUT2D eigenvalue weighted by Crippen LogP contribution is -2.08. The van der Waals surface area contributed by atoms with Crippen molar-refractivity contribution in [2.45, 2.75) is 6.54 Å². The maximum Gasteiger partial charge on any atom is 0.256 e. The van der Waals surface area contributed by atoms with Crippen molar-refractivity contribution in [1.82, 2.24) is 10.3 Å². The van der Waals surface area contributed by atoms with Crippen LogP contribution >= 0.6 is 0 Å². The molecule has 0 spiro atoms. The number of rotatable bonds is 5. The molecule has 0 aliphatic heterocycles. The Morgan fingerprint density at radius 3 is 2.63 bits per heavy atom. The summed E-state index contributed by atoms with van der Waals surface area (Å²) in [6.07, 6.45) is 1.51. The first-order chi connectivity index (χ1) is 9.26. The standard InChI is InChI=1S/C14H15FN2O2/c1-16-9-10-7-8-17-14(13(10)15)19-12-6-4-3-5-11(12)18-2/h3-8,16H,9H2,1-2H3. The third kappa shape index (κ3) is 3.00. The van der Waals surface area contributed by atoms with E-state index in [9.17, 15) is 4.39 Å². The Balaban J connectivity index is 2.30. The van der Waals surface area contributed by atoms with Gasteiger partial charge >= 0.3 is 0 Å². The first kappa shape index (κ1) is 13.3. The molecule has 0 bridgehead atoms. The molecule has 1 aromatic heterocycles. The van der Waals surface area contributed by atoms with Crippen molar-refractivity contribution in [1.29, 1.82) is 0 Å². The van der Waals surface area contributed by atoms with Gasteiger partial charge in [0, 0.05) is 18.3 Å². The second-order valence-electron chi connectivity index (χ2n) is 3.87. The van der Waals surface area contributed by atoms with E-state index in [1.54, 1.807) is 31.3 Å². The van der Waals surface area contributed by atoms with E-state index in [-0.39, 0.29) is 5.88 Å². The molecule has 1 aromatic carbocycles. The molecule has 0 atom stereocenters. The summed E-state index contributed by atoms with van der Waals surface area (Å²) in [6, 6.07) is 8.65. The van der Waals surface area contributed by atoms with Crippen LogP contribution in [0.1, 0.15) is 5.56 Å². The molecule has 1 N–H and O–H groups in total. The minimum Gasteiger partial charge on any atom is -0.493 e. The van der Waals surface area contributed by atoms with Crippen LogP contribution in [-0.2, 0) is 6.54 Å². The Labute approximate surface area is 111 Å². The van der Waals surface area contributed by atoms with Gasteiger partial charge < -0.3 is 14.8 Å². The van der Waals surface area contributed by atoms with E-state index in [0.29, 0.717) is 23.6 Å². The van der Waals surface area contributed by atoms with Crippen LogP contribution in [0.15, 0.2) is 36.5 Å². The van der Waals surface area contributed by atoms with Gasteiger partial charge in [-0.1, -0.05) is 12.1 Å². The molecule has 2 rings (SSSR count). The van der Waals surface area contributed by atoms with Crippen LogP contribution in [0, 0.1) is 5.82 Å². The highest BCUT2D eigenvalue weighted by Crippen LogP contribution is 2.31. The third-order valence-electron chi connectivity index (χ3n) is 2.58. The molecule has 0 aliphatic rings. The molecular weight excluding hydrogens is 247 g/mol. The fourth-order valence-corrected chi connectivity index (χ4v) is 1.67. The minimum atomic E-state index is -0.470. The van der Waals surface area contributed by atoms with Crippen molar-refractivity contribution in [3.8, 4) is 17.4 Å². The number of ether oxygens (including phenoxy) is 2. The lowest BCUT2D eigenvalue weighted by atomic mass is 10.2. The number of nitrogens with one attached hydrogen (secondary N) is 1. The van der Waals surface area contributed by atoms with E-state index < -0.39 is 5.82 Å². The number of hydrogen-bond donors (Lipinski definition) is 1. The summed E-state index contributed by atoms with van der Waals surface area (Å²) in [7, 11) is 3.28. The number of aromatic nitrogens is 1. The van der Waals surface area contributed by atoms with Crippen molar-refractivity contribution < 1.29 is 13.9 Å². The molecule has 4 nitrogen and oxygen atoms in total. The Morgan fingerprint density at radius 2 is 1.95 bits per heavy atom. The van der Waals surface area contributed by atoms with E-state index in [4.69, 9.17) is 9.47 Å². The van der Waals surface area contributed by atoms with Crippen molar-refractivity contribution in [2.24, 2.45) is 0 Å². The van der Waals surface area contributed by atoms with Gasteiger partial charge in [0.1, 0.15) is 0 Å². The fraction of sp³-hybridized carbons (Fsp3) is 0.214. The highest BCUT2D eigenvalue weighted by Gasteiger charge is 2.13. The molecule has 0 radical (unpaired) electrons. The molecule has 19 heavy (non-hydrogen) atoms. The van der Waals surface area contributed by atoms with E-state index in [1.807, 2.05) is 6.07 Å². The number of halogens is 1. The summed E-state index contributed by atoms with van der Waals surface area (Å²) >= 11 is 0. The van der Waals surface area contributed by atoms with Crippen LogP contribution in [-0.4, -0.2) is 19.1 Å². The van der Waals surface area contributed by atoms with E-state index in [1.165, 1.54) is 13.3 Å². The molecule has 0 saturated heterocycles. The van der Waals surface area contributed by atoms with Gasteiger partial charge in [0.05, 0.1) is 7.11 Å². The first-order valence-corrected chi connectivity index (χ1v) is 5.85. The third-order valence-corrected chi connectivity index (χ3v) is 2.58. The number of para-hydroxylation sites is 2. The normalized spacial score (nSPS) is 10.3. The molecule has 0 fully saturated rings. The van der Waals surface area contributed by atoms with Crippen molar-refractivity contribution in [3.05, 3.63) is 47.9 Å². The molecule has 0 saturated carbocycles. The summed E-state index contributed by atoms with van der Waals surface area (Å²) in [5, 5.41) is 2.89. The van der Waals surface area contributed by atoms with Gasteiger partial charge in [-0.15, -0.1) is 0 Å². The zero-order valence-electron chi connectivity index (χ0n) is 10.8. The molecular formula is C14H15FN2O2. The van der Waals surface area contributed by atoms with Crippen molar-refractivity contribution in [2.75, 3.05) is 14.2 Å². The first-order valence-electron chi connectivity index (χ1n) is 5.85. The molecule has 100 valence electrons. The van der Waals surface area contributed by atoms with Gasteiger partial charge in [0.2, 0.25) is 0 Å². The zero-order valence-corrected chi connectivity index (χ0v) is 10.8. The Morgan fingerprint density at radius 1 is 1.21 bits per heavy atom. The second kappa shape index (κ2) is 6.15. The predicted molar refractivity (Wildman–Crippen MR) is 70.0 cm³/mol. The monoisotopic (exact) mass is 262 g/mol. The average Bonchev–Trinajstić information content (AvgIpc) is 2.44.